The molecule has 3 aromatic rings. The molecule has 247 valence electrons. The van der Waals surface area contributed by atoms with E-state index in [2.05, 4.69) is 16.1 Å². The van der Waals surface area contributed by atoms with E-state index in [-0.39, 0.29) is 37.1 Å². The van der Waals surface area contributed by atoms with E-state index < -0.39 is 74.9 Å². The van der Waals surface area contributed by atoms with E-state index in [4.69, 9.17) is 32.7 Å². The number of esters is 2. The Morgan fingerprint density at radius 1 is 1.06 bits per heavy atom. The predicted molar refractivity (Wildman–Crippen MR) is 173 cm³/mol. The van der Waals surface area contributed by atoms with Crippen molar-refractivity contribution in [3.05, 3.63) is 93.0 Å². The number of carbonyl (C=O) groups is 3. The van der Waals surface area contributed by atoms with E-state index in [1.807, 2.05) is 20.8 Å². The molecule has 1 N–H and O–H groups in total. The number of nitrogens with one attached hydrogen (secondary N) is 1. The first kappa shape index (κ1) is 36.4. The number of nitriles is 1. The summed E-state index contributed by atoms with van der Waals surface area (Å²) in [6.45, 7) is 6.47. The zero-order valence-electron chi connectivity index (χ0n) is 26.2. The van der Waals surface area contributed by atoms with Crippen LogP contribution in [0.5, 0.6) is 5.75 Å². The number of ether oxygens (including phenoxy) is 3. The van der Waals surface area contributed by atoms with Crippen LogP contribution < -0.4 is 14.4 Å². The molecule has 1 aliphatic heterocycles. The first-order valence-electron chi connectivity index (χ1n) is 14.4. The molecule has 0 spiro atoms. The Kier molecular flexibility index (Phi) is 11.4. The molecule has 4 rings (SSSR count). The summed E-state index contributed by atoms with van der Waals surface area (Å²) in [6, 6.07) is 13.1. The van der Waals surface area contributed by atoms with Crippen molar-refractivity contribution < 1.29 is 37.4 Å². The van der Waals surface area contributed by atoms with E-state index in [9.17, 15) is 19.6 Å². The van der Waals surface area contributed by atoms with Gasteiger partial charge in [0.1, 0.15) is 0 Å². The standard InChI is InChI=1S/C34H32AsCl2F2N2O6/c1-18(42)46-17-47-32(44)19-9-12-23(26(13-19)45-5)35-31(43)30-28(21-7-6-8-24(37)29(21)39)34(16-40,27(41-30)15-33(2,3)4)22-11-10-20(36)14-25(22)38/h6-14,27-28,30,41H,15,17H2,1-5H3/t27-,28-,30+,34-/m0/s1. The summed E-state index contributed by atoms with van der Waals surface area (Å²) in [4.78, 5) is 37.8. The van der Waals surface area contributed by atoms with Crippen LogP contribution in [-0.4, -0.2) is 58.2 Å². The van der Waals surface area contributed by atoms with Crippen LogP contribution in [0.3, 0.4) is 0 Å². The summed E-state index contributed by atoms with van der Waals surface area (Å²) in [7, 11) is 1.37. The maximum atomic E-state index is 15.9. The zero-order chi connectivity index (χ0) is 34.7. The van der Waals surface area contributed by atoms with Gasteiger partial charge in [0, 0.05) is 0 Å². The van der Waals surface area contributed by atoms with Crippen LogP contribution in [0.15, 0.2) is 54.6 Å². The first-order valence-corrected chi connectivity index (χ1v) is 17.1. The Morgan fingerprint density at radius 3 is 2.40 bits per heavy atom. The second kappa shape index (κ2) is 14.7. The number of halogens is 4. The summed E-state index contributed by atoms with van der Waals surface area (Å²) in [6.07, 6.45) is 0.328. The summed E-state index contributed by atoms with van der Waals surface area (Å²) in [5.74, 6) is -3.93. The number of rotatable bonds is 10. The molecule has 13 heteroatoms. The number of hydrogen-bond donors (Lipinski definition) is 1. The topological polar surface area (TPSA) is 115 Å². The summed E-state index contributed by atoms with van der Waals surface area (Å²) in [5, 5.41) is 14.3. The number of carbonyl (C=O) groups excluding carboxylic acids is 3. The first-order chi connectivity index (χ1) is 22.1. The minimum atomic E-state index is -1.76. The molecule has 8 nitrogen and oxygen atoms in total. The van der Waals surface area contributed by atoms with Gasteiger partial charge in [0.05, 0.1) is 0 Å². The van der Waals surface area contributed by atoms with Crippen molar-refractivity contribution in [2.24, 2.45) is 5.41 Å². The Labute approximate surface area is 288 Å². The molecule has 1 aliphatic rings. The van der Waals surface area contributed by atoms with Crippen LogP contribution >= 0.6 is 23.2 Å². The number of benzene rings is 3. The Morgan fingerprint density at radius 2 is 1.79 bits per heavy atom. The van der Waals surface area contributed by atoms with Gasteiger partial charge >= 0.3 is 289 Å². The molecule has 1 radical (unpaired) electrons. The second-order valence-electron chi connectivity index (χ2n) is 12.2. The minimum absolute atomic E-state index is 0.00491. The molecule has 0 aliphatic carbocycles. The Bertz CT molecular complexity index is 1740. The molecular formula is C34H32AsCl2F2N2O6. The van der Waals surface area contributed by atoms with Crippen LogP contribution in [0, 0.1) is 28.4 Å². The van der Waals surface area contributed by atoms with Crippen LogP contribution in [0.2, 0.25) is 10.0 Å². The van der Waals surface area contributed by atoms with Gasteiger partial charge in [-0.2, -0.15) is 0 Å². The molecule has 0 amide bonds. The van der Waals surface area contributed by atoms with Crippen molar-refractivity contribution in [1.82, 2.24) is 5.32 Å². The van der Waals surface area contributed by atoms with Gasteiger partial charge in [-0.15, -0.1) is 0 Å². The fraction of sp³-hybridized carbons (Fsp3) is 0.353. The van der Waals surface area contributed by atoms with Crippen molar-refractivity contribution in [3.8, 4) is 11.8 Å². The van der Waals surface area contributed by atoms with E-state index in [1.165, 1.54) is 56.5 Å². The summed E-state index contributed by atoms with van der Waals surface area (Å²) < 4.78 is 47.0. The average molecular weight is 748 g/mol. The van der Waals surface area contributed by atoms with E-state index in [0.29, 0.717) is 10.8 Å². The van der Waals surface area contributed by atoms with Crippen LogP contribution in [0.25, 0.3) is 0 Å². The number of nitrogens with zero attached hydrogens (tertiary/aromatic N) is 1. The van der Waals surface area contributed by atoms with Crippen LogP contribution in [0.1, 0.15) is 61.5 Å². The fourth-order valence-electron chi connectivity index (χ4n) is 5.88. The molecule has 0 bridgehead atoms. The third kappa shape index (κ3) is 7.81. The SMILES string of the molecule is COc1cc(C(=O)OCOC(C)=O)ccc1[As]C(=O)[C@@H]1N[C@@H](CC(C)(C)C)[C@](C#N)(c2ccc(Cl)cc2F)[C@H]1c1cccc(Cl)c1F. The predicted octanol–water partition coefficient (Wildman–Crippen LogP) is 5.84. The van der Waals surface area contributed by atoms with Gasteiger partial charge in [0.2, 0.25) is 0 Å². The molecule has 1 saturated heterocycles. The average Bonchev–Trinajstić information content (AvgIpc) is 3.31. The molecular weight excluding hydrogens is 716 g/mol. The van der Waals surface area contributed by atoms with Crippen molar-refractivity contribution in [3.63, 3.8) is 0 Å². The van der Waals surface area contributed by atoms with Crippen molar-refractivity contribution >= 4 is 59.8 Å². The molecule has 0 saturated carbocycles. The van der Waals surface area contributed by atoms with E-state index >= 15 is 8.78 Å². The molecule has 3 aromatic carbocycles. The van der Waals surface area contributed by atoms with Gasteiger partial charge in [-0.05, 0) is 0 Å². The van der Waals surface area contributed by atoms with Crippen molar-refractivity contribution in [2.45, 2.75) is 57.5 Å². The molecule has 1 fully saturated rings. The van der Waals surface area contributed by atoms with Gasteiger partial charge in [0.15, 0.2) is 0 Å². The van der Waals surface area contributed by atoms with Gasteiger partial charge < -0.3 is 0 Å². The Balaban J connectivity index is 1.83. The van der Waals surface area contributed by atoms with Gasteiger partial charge in [0.25, 0.3) is 0 Å². The molecule has 0 unspecified atom stereocenters. The van der Waals surface area contributed by atoms with Crippen LogP contribution in [0.4, 0.5) is 8.78 Å². The molecule has 0 aromatic heterocycles. The third-order valence-electron chi connectivity index (χ3n) is 7.81. The second-order valence-corrected chi connectivity index (χ2v) is 15.5. The molecule has 1 heterocycles. The van der Waals surface area contributed by atoms with Crippen LogP contribution in [-0.2, 0) is 24.5 Å². The maximum absolute atomic E-state index is 15.9. The van der Waals surface area contributed by atoms with E-state index in [0.717, 1.165) is 6.07 Å². The number of hydrogen-bond acceptors (Lipinski definition) is 8. The van der Waals surface area contributed by atoms with E-state index in [1.54, 1.807) is 6.07 Å². The van der Waals surface area contributed by atoms with Gasteiger partial charge in [-0.3, -0.25) is 0 Å². The quantitative estimate of drug-likeness (QED) is 0.157. The van der Waals surface area contributed by atoms with Gasteiger partial charge in [-0.1, -0.05) is 0 Å². The summed E-state index contributed by atoms with van der Waals surface area (Å²) >= 11 is 10.9. The molecule has 4 atom stereocenters. The third-order valence-corrected chi connectivity index (χ3v) is 10.7. The normalized spacial score (nSPS) is 21.0. The Hall–Kier alpha value is -3.48. The van der Waals surface area contributed by atoms with Crippen molar-refractivity contribution in [2.75, 3.05) is 13.9 Å². The zero-order valence-corrected chi connectivity index (χ0v) is 29.6. The molecule has 47 heavy (non-hydrogen) atoms. The van der Waals surface area contributed by atoms with Gasteiger partial charge in [-0.25, -0.2) is 0 Å². The van der Waals surface area contributed by atoms with Crippen molar-refractivity contribution in [1.29, 1.82) is 5.26 Å². The summed E-state index contributed by atoms with van der Waals surface area (Å²) in [5.41, 5.74) is -2.08. The number of methoxy groups -OCH3 is 1. The fourth-order valence-corrected chi connectivity index (χ4v) is 8.35. The monoisotopic (exact) mass is 747 g/mol.